The third-order valence-corrected chi connectivity index (χ3v) is 2.82. The highest BCUT2D eigenvalue weighted by molar-refractivity contribution is 7.52. The monoisotopic (exact) mass is 246 g/mol. The molecule has 16 heavy (non-hydrogen) atoms. The third-order valence-electron chi connectivity index (χ3n) is 2.10. The lowest BCUT2D eigenvalue weighted by molar-refractivity contribution is -0.119. The molecule has 2 N–H and O–H groups in total. The van der Waals surface area contributed by atoms with E-state index >= 15 is 0 Å². The van der Waals surface area contributed by atoms with Gasteiger partial charge in [-0.15, -0.1) is 11.8 Å². The molecule has 0 aliphatic carbocycles. The molecule has 0 amide bonds. The Kier molecular flexibility index (Phi) is 7.33. The smallest absolute Gasteiger partial charge is 0.324 e. The van der Waals surface area contributed by atoms with Crippen LogP contribution in [-0.2, 0) is 9.36 Å². The Morgan fingerprint density at radius 3 is 2.50 bits per heavy atom. The molecule has 4 nitrogen and oxygen atoms in total. The number of rotatable bonds is 6. The molecule has 0 aromatic heterocycles. The van der Waals surface area contributed by atoms with Gasteiger partial charge in [-0.05, 0) is 6.42 Å². The molecule has 0 radical (unpaired) electrons. The van der Waals surface area contributed by atoms with Gasteiger partial charge in [0.1, 0.15) is 11.9 Å². The molecule has 0 aromatic carbocycles. The van der Waals surface area contributed by atoms with Crippen LogP contribution in [0.5, 0.6) is 0 Å². The molecule has 0 spiro atoms. The van der Waals surface area contributed by atoms with Crippen molar-refractivity contribution in [2.24, 2.45) is 5.92 Å². The lowest BCUT2D eigenvalue weighted by Gasteiger charge is -2.07. The SMILES string of the molecule is CCCCC#CCC(C)C(=O)CP(=O)(O)O. The van der Waals surface area contributed by atoms with Crippen molar-refractivity contribution in [3.05, 3.63) is 0 Å². The molecule has 0 rings (SSSR count). The predicted molar refractivity (Wildman–Crippen MR) is 63.0 cm³/mol. The van der Waals surface area contributed by atoms with Crippen molar-refractivity contribution in [1.82, 2.24) is 0 Å². The molecule has 92 valence electrons. The Morgan fingerprint density at radius 1 is 1.38 bits per heavy atom. The summed E-state index contributed by atoms with van der Waals surface area (Å²) in [5.41, 5.74) is 0. The van der Waals surface area contributed by atoms with E-state index in [4.69, 9.17) is 9.79 Å². The van der Waals surface area contributed by atoms with Gasteiger partial charge in [0.15, 0.2) is 0 Å². The highest BCUT2D eigenvalue weighted by Gasteiger charge is 2.22. The van der Waals surface area contributed by atoms with E-state index in [1.807, 2.05) is 0 Å². The Labute approximate surface area is 96.6 Å². The fraction of sp³-hybridized carbons (Fsp3) is 0.727. The molecule has 5 heteroatoms. The molecule has 1 unspecified atom stereocenters. The van der Waals surface area contributed by atoms with Crippen molar-refractivity contribution in [2.45, 2.75) is 39.5 Å². The second-order valence-corrected chi connectivity index (χ2v) is 5.50. The van der Waals surface area contributed by atoms with Crippen LogP contribution in [0, 0.1) is 17.8 Å². The first-order valence-electron chi connectivity index (χ1n) is 5.39. The van der Waals surface area contributed by atoms with Gasteiger partial charge in [0.05, 0.1) is 0 Å². The number of ketones is 1. The minimum absolute atomic E-state index is 0.378. The topological polar surface area (TPSA) is 74.6 Å². The molecule has 0 aromatic rings. The van der Waals surface area contributed by atoms with Gasteiger partial charge in [-0.25, -0.2) is 0 Å². The molecule has 1 atom stereocenters. The quantitative estimate of drug-likeness (QED) is 0.427. The Morgan fingerprint density at radius 2 is 2.00 bits per heavy atom. The minimum Gasteiger partial charge on any atom is -0.324 e. The summed E-state index contributed by atoms with van der Waals surface area (Å²) in [4.78, 5) is 28.6. The molecular weight excluding hydrogens is 227 g/mol. The van der Waals surface area contributed by atoms with Crippen LogP contribution in [0.4, 0.5) is 0 Å². The molecule has 0 saturated carbocycles. The van der Waals surface area contributed by atoms with Crippen LogP contribution in [0.25, 0.3) is 0 Å². The summed E-state index contributed by atoms with van der Waals surface area (Å²) in [7, 11) is -4.22. The predicted octanol–water partition coefficient (Wildman–Crippen LogP) is 1.95. The molecule has 0 bridgehead atoms. The van der Waals surface area contributed by atoms with Gasteiger partial charge in [-0.1, -0.05) is 20.3 Å². The number of carbonyl (C=O) groups is 1. The fourth-order valence-electron chi connectivity index (χ4n) is 1.05. The Hall–Kier alpha value is -0.620. The van der Waals surface area contributed by atoms with Crippen LogP contribution in [0.1, 0.15) is 39.5 Å². The minimum atomic E-state index is -4.22. The summed E-state index contributed by atoms with van der Waals surface area (Å²) in [5.74, 6) is 4.98. The fourth-order valence-corrected chi connectivity index (χ4v) is 1.77. The van der Waals surface area contributed by atoms with E-state index in [0.29, 0.717) is 6.42 Å². The summed E-state index contributed by atoms with van der Waals surface area (Å²) < 4.78 is 10.6. The highest BCUT2D eigenvalue weighted by Crippen LogP contribution is 2.34. The van der Waals surface area contributed by atoms with E-state index in [1.165, 1.54) is 0 Å². The van der Waals surface area contributed by atoms with Gasteiger partial charge in [-0.2, -0.15) is 0 Å². The first-order valence-corrected chi connectivity index (χ1v) is 7.19. The second-order valence-electron chi connectivity index (χ2n) is 3.85. The zero-order chi connectivity index (χ0) is 12.6. The van der Waals surface area contributed by atoms with Crippen LogP contribution >= 0.6 is 7.60 Å². The Bertz CT molecular complexity index is 321. The van der Waals surface area contributed by atoms with Crippen LogP contribution in [0.2, 0.25) is 0 Å². The molecule has 0 aliphatic rings. The van der Waals surface area contributed by atoms with Crippen LogP contribution in [0.3, 0.4) is 0 Å². The maximum atomic E-state index is 11.3. The summed E-state index contributed by atoms with van der Waals surface area (Å²) in [6.45, 7) is 3.72. The summed E-state index contributed by atoms with van der Waals surface area (Å²) in [6.07, 6.45) is 2.64. The van der Waals surface area contributed by atoms with Crippen LogP contribution in [-0.4, -0.2) is 21.7 Å². The van der Waals surface area contributed by atoms with Crippen molar-refractivity contribution in [2.75, 3.05) is 6.16 Å². The molecule has 0 heterocycles. The Balaban J connectivity index is 3.96. The zero-order valence-electron chi connectivity index (χ0n) is 9.77. The van der Waals surface area contributed by atoms with E-state index in [9.17, 15) is 9.36 Å². The summed E-state index contributed by atoms with van der Waals surface area (Å²) in [6, 6.07) is 0. The van der Waals surface area contributed by atoms with E-state index < -0.39 is 25.5 Å². The average Bonchev–Trinajstić information content (AvgIpc) is 2.14. The van der Waals surface area contributed by atoms with E-state index in [2.05, 4.69) is 18.8 Å². The van der Waals surface area contributed by atoms with Crippen molar-refractivity contribution in [3.8, 4) is 11.8 Å². The lowest BCUT2D eigenvalue weighted by atomic mass is 10.0. The largest absolute Gasteiger partial charge is 0.332 e. The average molecular weight is 246 g/mol. The molecule has 0 aliphatic heterocycles. The van der Waals surface area contributed by atoms with Crippen molar-refractivity contribution in [1.29, 1.82) is 0 Å². The van der Waals surface area contributed by atoms with Gasteiger partial charge in [0.25, 0.3) is 0 Å². The van der Waals surface area contributed by atoms with Crippen molar-refractivity contribution in [3.63, 3.8) is 0 Å². The van der Waals surface area contributed by atoms with E-state index in [0.717, 1.165) is 19.3 Å². The van der Waals surface area contributed by atoms with Gasteiger partial charge >= 0.3 is 7.60 Å². The third kappa shape index (κ3) is 8.67. The van der Waals surface area contributed by atoms with Gasteiger partial charge in [0, 0.05) is 18.8 Å². The number of unbranched alkanes of at least 4 members (excludes halogenated alkanes) is 2. The normalized spacial score (nSPS) is 12.8. The maximum Gasteiger partial charge on any atom is 0.332 e. The number of Topliss-reactive ketones (excluding diaryl/α,β-unsaturated/α-hetero) is 1. The van der Waals surface area contributed by atoms with Crippen LogP contribution < -0.4 is 0 Å². The first kappa shape index (κ1) is 15.4. The molecule has 0 fully saturated rings. The van der Waals surface area contributed by atoms with Gasteiger partial charge in [-0.3, -0.25) is 9.36 Å². The van der Waals surface area contributed by atoms with Crippen LogP contribution in [0.15, 0.2) is 0 Å². The second kappa shape index (κ2) is 7.62. The van der Waals surface area contributed by atoms with Crippen molar-refractivity contribution < 1.29 is 19.1 Å². The standard InChI is InChI=1S/C11H19O4P/c1-3-4-5-6-7-8-10(2)11(12)9-16(13,14)15/h10H,3-5,8-9H2,1-2H3,(H2,13,14,15). The molecular formula is C11H19O4P. The van der Waals surface area contributed by atoms with Gasteiger partial charge in [0.2, 0.25) is 0 Å². The van der Waals surface area contributed by atoms with Crippen molar-refractivity contribution >= 4 is 13.4 Å². The molecule has 0 saturated heterocycles. The summed E-state index contributed by atoms with van der Waals surface area (Å²) in [5, 5.41) is 0. The highest BCUT2D eigenvalue weighted by atomic mass is 31.2. The maximum absolute atomic E-state index is 11.3. The summed E-state index contributed by atoms with van der Waals surface area (Å²) >= 11 is 0. The lowest BCUT2D eigenvalue weighted by Crippen LogP contribution is -2.14. The first-order chi connectivity index (χ1) is 7.37. The van der Waals surface area contributed by atoms with Gasteiger partial charge < -0.3 is 9.79 Å². The zero-order valence-corrected chi connectivity index (χ0v) is 10.7. The number of hydrogen-bond donors (Lipinski definition) is 2. The van der Waals surface area contributed by atoms with E-state index in [1.54, 1.807) is 6.92 Å². The van der Waals surface area contributed by atoms with E-state index in [-0.39, 0.29) is 0 Å². The number of carbonyl (C=O) groups excluding carboxylic acids is 1. The number of hydrogen-bond acceptors (Lipinski definition) is 2.